The average Bonchev–Trinajstić information content (AvgIpc) is 2.33. The quantitative estimate of drug-likeness (QED) is 0.683. The fourth-order valence-electron chi connectivity index (χ4n) is 1.75. The van der Waals surface area contributed by atoms with E-state index in [1.165, 1.54) is 39.0 Å². The maximum absolute atomic E-state index is 6.56. The van der Waals surface area contributed by atoms with Gasteiger partial charge in [-0.25, -0.2) is 0 Å². The van der Waals surface area contributed by atoms with Gasteiger partial charge in [-0.2, -0.15) is 0 Å². The molecule has 1 saturated heterocycles. The van der Waals surface area contributed by atoms with Gasteiger partial charge in [0.05, 0.1) is 0 Å². The van der Waals surface area contributed by atoms with E-state index in [4.69, 9.17) is 8.92 Å². The summed E-state index contributed by atoms with van der Waals surface area (Å²) in [5.74, 6) is 0. The predicted octanol–water partition coefficient (Wildman–Crippen LogP) is 3.76. The van der Waals surface area contributed by atoms with Crippen LogP contribution in [0.1, 0.15) is 32.6 Å². The van der Waals surface area contributed by atoms with E-state index in [1.54, 1.807) is 0 Å². The molecule has 60 valence electrons. The topological polar surface area (TPSA) is 0 Å². The Bertz CT molecular complexity index is 97.4. The molecule has 0 spiro atoms. The third-order valence-electron chi connectivity index (χ3n) is 2.48. The summed E-state index contributed by atoms with van der Waals surface area (Å²) in [5.41, 5.74) is 0. The van der Waals surface area contributed by atoms with Gasteiger partial charge >= 0.3 is 72.1 Å². The van der Waals surface area contributed by atoms with E-state index < -0.39 is 17.3 Å². The molecule has 0 amide bonds. The molecule has 2 heteroatoms. The van der Waals surface area contributed by atoms with Crippen molar-refractivity contribution in [1.29, 1.82) is 0 Å². The van der Waals surface area contributed by atoms with Crippen LogP contribution in [-0.2, 0) is 0 Å². The fraction of sp³-hybridized carbons (Fsp3) is 1.00. The van der Waals surface area contributed by atoms with Crippen molar-refractivity contribution in [3.05, 3.63) is 0 Å². The first-order valence-corrected chi connectivity index (χ1v) is 14.1. The van der Waals surface area contributed by atoms with Crippen LogP contribution < -0.4 is 0 Å². The maximum atomic E-state index is 6.56. The van der Waals surface area contributed by atoms with Gasteiger partial charge in [-0.15, -0.1) is 0 Å². The summed E-state index contributed by atoms with van der Waals surface area (Å²) in [5, 5.41) is 0. The number of hydrogen-bond acceptors (Lipinski definition) is 0. The van der Waals surface area contributed by atoms with Gasteiger partial charge in [0.1, 0.15) is 0 Å². The van der Waals surface area contributed by atoms with E-state index in [2.05, 4.69) is 6.92 Å². The van der Waals surface area contributed by atoms with Crippen molar-refractivity contribution in [3.63, 3.8) is 0 Å². The zero-order chi connectivity index (χ0) is 7.45. The molecule has 0 atom stereocenters. The van der Waals surface area contributed by atoms with Gasteiger partial charge in [0, 0.05) is 0 Å². The standard InChI is InChI=1S/C4H9.C4H8.ClH.Sn/c2*1-3-4-2;;/h1,3-4H2,2H3;1-4H2;1H;/q;;;+1/p-1. The van der Waals surface area contributed by atoms with Gasteiger partial charge in [0.25, 0.3) is 0 Å². The molecular formula is C8H17ClSn. The average molecular weight is 267 g/mol. The third kappa shape index (κ3) is 2.61. The Hall–Kier alpha value is 1.09. The molecule has 0 radical (unpaired) electrons. The van der Waals surface area contributed by atoms with Crippen LogP contribution in [0, 0.1) is 0 Å². The number of hydrogen-bond donors (Lipinski definition) is 0. The summed E-state index contributed by atoms with van der Waals surface area (Å²) in [7, 11) is 6.56. The first-order valence-electron chi connectivity index (χ1n) is 4.46. The molecular weight excluding hydrogens is 250 g/mol. The molecule has 0 aromatic carbocycles. The Morgan fingerprint density at radius 2 is 1.90 bits per heavy atom. The van der Waals surface area contributed by atoms with Crippen molar-refractivity contribution in [2.45, 2.75) is 45.9 Å². The molecule has 0 nitrogen and oxygen atoms in total. The molecule has 1 aliphatic rings. The number of rotatable bonds is 3. The summed E-state index contributed by atoms with van der Waals surface area (Å²) in [6.45, 7) is 2.26. The van der Waals surface area contributed by atoms with Crippen LogP contribution in [0.5, 0.6) is 0 Å². The minimum absolute atomic E-state index is 1.34. The summed E-state index contributed by atoms with van der Waals surface area (Å²) in [4.78, 5) is 0. The Kier molecular flexibility index (Phi) is 3.85. The van der Waals surface area contributed by atoms with Gasteiger partial charge in [0.2, 0.25) is 0 Å². The molecule has 0 aliphatic carbocycles. The van der Waals surface area contributed by atoms with E-state index >= 15 is 0 Å². The van der Waals surface area contributed by atoms with Gasteiger partial charge in [-0.3, -0.25) is 0 Å². The first-order chi connectivity index (χ1) is 4.77. The summed E-state index contributed by atoms with van der Waals surface area (Å²) in [6.07, 6.45) is 5.64. The van der Waals surface area contributed by atoms with Crippen LogP contribution in [0.2, 0.25) is 13.3 Å². The van der Waals surface area contributed by atoms with Gasteiger partial charge in [0.15, 0.2) is 0 Å². The zero-order valence-electron chi connectivity index (χ0n) is 6.83. The van der Waals surface area contributed by atoms with Crippen LogP contribution in [0.4, 0.5) is 0 Å². The molecule has 0 aromatic heterocycles. The first kappa shape index (κ1) is 9.18. The number of halogens is 1. The van der Waals surface area contributed by atoms with Crippen LogP contribution in [0.15, 0.2) is 0 Å². The summed E-state index contributed by atoms with van der Waals surface area (Å²) in [6, 6.07) is 0. The molecule has 0 unspecified atom stereocenters. The van der Waals surface area contributed by atoms with Crippen molar-refractivity contribution in [1.82, 2.24) is 0 Å². The molecule has 10 heavy (non-hydrogen) atoms. The molecule has 1 fully saturated rings. The molecule has 0 aromatic rings. The van der Waals surface area contributed by atoms with Crippen molar-refractivity contribution < 1.29 is 0 Å². The van der Waals surface area contributed by atoms with Gasteiger partial charge in [-0.05, 0) is 0 Å². The fourth-order valence-corrected chi connectivity index (χ4v) is 14.4. The zero-order valence-corrected chi connectivity index (χ0v) is 10.4. The molecule has 1 rings (SSSR count). The molecule has 0 N–H and O–H groups in total. The Morgan fingerprint density at radius 1 is 1.30 bits per heavy atom. The van der Waals surface area contributed by atoms with Gasteiger partial charge < -0.3 is 0 Å². The third-order valence-corrected chi connectivity index (χ3v) is 17.0. The van der Waals surface area contributed by atoms with E-state index in [-0.39, 0.29) is 0 Å². The Labute approximate surface area is 71.9 Å². The normalized spacial score (nSPS) is 23.4. The SMILES string of the molecule is CCC[CH2][Sn]1([Cl])[CH2]CC[CH2]1. The van der Waals surface area contributed by atoms with E-state index in [0.29, 0.717) is 0 Å². The second-order valence-corrected chi connectivity index (χ2v) is 19.7. The summed E-state index contributed by atoms with van der Waals surface area (Å²) >= 11 is -1.83. The predicted molar refractivity (Wildman–Crippen MR) is 50.2 cm³/mol. The Balaban J connectivity index is 2.22. The van der Waals surface area contributed by atoms with Crippen LogP contribution >= 0.6 is 8.92 Å². The second kappa shape index (κ2) is 4.20. The number of unbranched alkanes of at least 4 members (excludes halogenated alkanes) is 1. The van der Waals surface area contributed by atoms with E-state index in [0.717, 1.165) is 0 Å². The second-order valence-electron chi connectivity index (χ2n) is 3.46. The van der Waals surface area contributed by atoms with Crippen molar-refractivity contribution in [3.8, 4) is 0 Å². The minimum atomic E-state index is -1.83. The molecule has 1 aliphatic heterocycles. The van der Waals surface area contributed by atoms with Crippen LogP contribution in [0.25, 0.3) is 0 Å². The van der Waals surface area contributed by atoms with Crippen molar-refractivity contribution in [2.75, 3.05) is 0 Å². The van der Waals surface area contributed by atoms with Crippen molar-refractivity contribution >= 4 is 26.2 Å². The van der Waals surface area contributed by atoms with E-state index in [1.807, 2.05) is 0 Å². The van der Waals surface area contributed by atoms with Gasteiger partial charge in [-0.1, -0.05) is 0 Å². The monoisotopic (exact) mass is 268 g/mol. The summed E-state index contributed by atoms with van der Waals surface area (Å²) < 4.78 is 4.39. The van der Waals surface area contributed by atoms with E-state index in [9.17, 15) is 0 Å². The Morgan fingerprint density at radius 3 is 2.40 bits per heavy atom. The molecule has 0 saturated carbocycles. The molecule has 0 bridgehead atoms. The molecule has 1 heterocycles. The van der Waals surface area contributed by atoms with Crippen LogP contribution in [0.3, 0.4) is 0 Å². The van der Waals surface area contributed by atoms with Crippen molar-refractivity contribution in [2.24, 2.45) is 0 Å². The van der Waals surface area contributed by atoms with Crippen LogP contribution in [-0.4, -0.2) is 17.3 Å².